The van der Waals surface area contributed by atoms with Crippen molar-refractivity contribution in [3.8, 4) is 17.6 Å². The van der Waals surface area contributed by atoms with Gasteiger partial charge in [-0.3, -0.25) is 4.79 Å². The van der Waals surface area contributed by atoms with Crippen molar-refractivity contribution in [2.75, 3.05) is 12.4 Å². The number of benzene rings is 3. The van der Waals surface area contributed by atoms with E-state index in [-0.39, 0.29) is 22.6 Å². The zero-order valence-electron chi connectivity index (χ0n) is 17.4. The van der Waals surface area contributed by atoms with Gasteiger partial charge >= 0.3 is 11.9 Å². The van der Waals surface area contributed by atoms with Gasteiger partial charge in [-0.15, -0.1) is 0 Å². The summed E-state index contributed by atoms with van der Waals surface area (Å²) in [7, 11) is 1.52. The molecule has 2 N–H and O–H groups in total. The van der Waals surface area contributed by atoms with Gasteiger partial charge in [0.1, 0.15) is 23.1 Å². The lowest BCUT2D eigenvalue weighted by molar-refractivity contribution is -0.112. The second-order valence-corrected chi connectivity index (χ2v) is 6.67. The summed E-state index contributed by atoms with van der Waals surface area (Å²) in [5, 5.41) is 21.1. The number of amides is 1. The third-order valence-corrected chi connectivity index (χ3v) is 4.48. The van der Waals surface area contributed by atoms with Crippen LogP contribution in [-0.2, 0) is 4.79 Å². The minimum Gasteiger partial charge on any atom is -0.497 e. The number of nitrogens with one attached hydrogen (secondary N) is 1. The van der Waals surface area contributed by atoms with Crippen LogP contribution in [0.25, 0.3) is 6.08 Å². The number of methoxy groups -OCH3 is 1. The van der Waals surface area contributed by atoms with Gasteiger partial charge in [0.05, 0.1) is 23.9 Å². The molecule has 164 valence electrons. The van der Waals surface area contributed by atoms with Crippen molar-refractivity contribution >= 4 is 29.6 Å². The summed E-state index contributed by atoms with van der Waals surface area (Å²) in [4.78, 5) is 36.2. The Balaban J connectivity index is 1.77. The minimum absolute atomic E-state index is 0.0679. The fourth-order valence-electron chi connectivity index (χ4n) is 2.84. The van der Waals surface area contributed by atoms with Crippen LogP contribution in [0, 0.1) is 11.3 Å². The van der Waals surface area contributed by atoms with Gasteiger partial charge in [0, 0.05) is 0 Å². The first-order valence-corrected chi connectivity index (χ1v) is 9.63. The predicted octanol–water partition coefficient (Wildman–Crippen LogP) is 4.16. The molecule has 0 aliphatic rings. The van der Waals surface area contributed by atoms with Gasteiger partial charge in [0.2, 0.25) is 0 Å². The fraction of sp³-hybridized carbons (Fsp3) is 0.0400. The number of anilines is 1. The van der Waals surface area contributed by atoms with Crippen LogP contribution in [0.5, 0.6) is 11.5 Å². The van der Waals surface area contributed by atoms with E-state index < -0.39 is 17.8 Å². The first kappa shape index (κ1) is 22.8. The monoisotopic (exact) mass is 442 g/mol. The van der Waals surface area contributed by atoms with Gasteiger partial charge in [-0.2, -0.15) is 5.26 Å². The second kappa shape index (κ2) is 10.4. The van der Waals surface area contributed by atoms with E-state index in [0.717, 1.165) is 0 Å². The average molecular weight is 442 g/mol. The van der Waals surface area contributed by atoms with Gasteiger partial charge in [-0.05, 0) is 60.2 Å². The molecular weight excluding hydrogens is 424 g/mol. The molecule has 0 atom stereocenters. The van der Waals surface area contributed by atoms with Crippen LogP contribution in [0.15, 0.2) is 78.4 Å². The highest BCUT2D eigenvalue weighted by Gasteiger charge is 2.15. The Morgan fingerprint density at radius 3 is 2.36 bits per heavy atom. The highest BCUT2D eigenvalue weighted by Crippen LogP contribution is 2.20. The number of ether oxygens (including phenoxy) is 2. The largest absolute Gasteiger partial charge is 0.497 e. The van der Waals surface area contributed by atoms with E-state index in [0.29, 0.717) is 16.9 Å². The summed E-state index contributed by atoms with van der Waals surface area (Å²) < 4.78 is 10.4. The molecule has 3 aromatic rings. The van der Waals surface area contributed by atoms with E-state index >= 15 is 0 Å². The van der Waals surface area contributed by atoms with Crippen LogP contribution in [0.1, 0.15) is 26.3 Å². The SMILES string of the molecule is COc1ccc(C(=O)Oc2cccc(/C=C(\C#N)C(=O)Nc3ccccc3C(=O)O)c2)cc1. The van der Waals surface area contributed by atoms with Crippen molar-refractivity contribution < 1.29 is 29.0 Å². The van der Waals surface area contributed by atoms with Gasteiger partial charge < -0.3 is 19.9 Å². The van der Waals surface area contributed by atoms with Gasteiger partial charge in [-0.25, -0.2) is 9.59 Å². The van der Waals surface area contributed by atoms with E-state index in [1.54, 1.807) is 54.6 Å². The first-order chi connectivity index (χ1) is 15.9. The Labute approximate surface area is 189 Å². The number of esters is 1. The maximum atomic E-state index is 12.5. The summed E-state index contributed by atoms with van der Waals surface area (Å²) in [6.07, 6.45) is 1.31. The topological polar surface area (TPSA) is 126 Å². The molecule has 0 bridgehead atoms. The van der Waals surface area contributed by atoms with Gasteiger partial charge in [-0.1, -0.05) is 24.3 Å². The maximum absolute atomic E-state index is 12.5. The van der Waals surface area contributed by atoms with Gasteiger partial charge in [0.15, 0.2) is 0 Å². The molecule has 1 amide bonds. The van der Waals surface area contributed by atoms with E-state index in [2.05, 4.69) is 5.32 Å². The number of para-hydroxylation sites is 1. The first-order valence-electron chi connectivity index (χ1n) is 9.63. The predicted molar refractivity (Wildman–Crippen MR) is 120 cm³/mol. The molecule has 0 aliphatic heterocycles. The van der Waals surface area contributed by atoms with Crippen molar-refractivity contribution in [2.24, 2.45) is 0 Å². The summed E-state index contributed by atoms with van der Waals surface area (Å²) in [5.74, 6) is -1.74. The Morgan fingerprint density at radius 1 is 0.970 bits per heavy atom. The summed E-state index contributed by atoms with van der Waals surface area (Å²) in [6.45, 7) is 0. The smallest absolute Gasteiger partial charge is 0.343 e. The Morgan fingerprint density at radius 2 is 1.70 bits per heavy atom. The van der Waals surface area contributed by atoms with Gasteiger partial charge in [0.25, 0.3) is 5.91 Å². The molecule has 0 radical (unpaired) electrons. The molecule has 0 fully saturated rings. The number of aromatic carboxylic acids is 1. The van der Waals surface area contributed by atoms with Crippen molar-refractivity contribution in [2.45, 2.75) is 0 Å². The number of hydrogen-bond donors (Lipinski definition) is 2. The van der Waals surface area contributed by atoms with Crippen LogP contribution in [0.2, 0.25) is 0 Å². The van der Waals surface area contributed by atoms with Crippen LogP contribution in [-0.4, -0.2) is 30.1 Å². The quantitative estimate of drug-likeness (QED) is 0.244. The van der Waals surface area contributed by atoms with E-state index in [4.69, 9.17) is 9.47 Å². The molecule has 0 heterocycles. The number of nitrogens with zero attached hydrogens (tertiary/aromatic N) is 1. The molecule has 0 saturated carbocycles. The lowest BCUT2D eigenvalue weighted by Gasteiger charge is -2.08. The lowest BCUT2D eigenvalue weighted by Crippen LogP contribution is -2.16. The summed E-state index contributed by atoms with van der Waals surface area (Å²) >= 11 is 0. The molecule has 8 nitrogen and oxygen atoms in total. The molecule has 0 aromatic heterocycles. The molecule has 0 saturated heterocycles. The number of carbonyl (C=O) groups excluding carboxylic acids is 2. The van der Waals surface area contributed by atoms with E-state index in [1.807, 2.05) is 0 Å². The number of nitriles is 1. The molecule has 8 heteroatoms. The summed E-state index contributed by atoms with van der Waals surface area (Å²) in [6, 6.07) is 20.4. The third-order valence-electron chi connectivity index (χ3n) is 4.48. The number of rotatable bonds is 7. The van der Waals surface area contributed by atoms with Crippen molar-refractivity contribution in [1.29, 1.82) is 5.26 Å². The van der Waals surface area contributed by atoms with Crippen molar-refractivity contribution in [1.82, 2.24) is 0 Å². The van der Waals surface area contributed by atoms with E-state index in [1.165, 1.54) is 37.5 Å². The normalized spacial score (nSPS) is 10.6. The van der Waals surface area contributed by atoms with Crippen molar-refractivity contribution in [3.05, 3.63) is 95.1 Å². The minimum atomic E-state index is -1.21. The van der Waals surface area contributed by atoms with Crippen LogP contribution in [0.4, 0.5) is 5.69 Å². The highest BCUT2D eigenvalue weighted by atomic mass is 16.5. The number of carboxylic acids is 1. The van der Waals surface area contributed by atoms with Crippen LogP contribution >= 0.6 is 0 Å². The maximum Gasteiger partial charge on any atom is 0.343 e. The number of carbonyl (C=O) groups is 3. The Hall–Kier alpha value is -4.90. The Bertz CT molecular complexity index is 1270. The molecule has 0 unspecified atom stereocenters. The molecule has 3 aromatic carbocycles. The van der Waals surface area contributed by atoms with E-state index in [9.17, 15) is 24.8 Å². The van der Waals surface area contributed by atoms with Crippen LogP contribution < -0.4 is 14.8 Å². The molecule has 33 heavy (non-hydrogen) atoms. The number of hydrogen-bond acceptors (Lipinski definition) is 6. The highest BCUT2D eigenvalue weighted by molar-refractivity contribution is 6.11. The molecule has 0 spiro atoms. The van der Waals surface area contributed by atoms with Crippen LogP contribution in [0.3, 0.4) is 0 Å². The standard InChI is InChI=1S/C25H18N2O6/c1-32-19-11-9-17(10-12-19)25(31)33-20-6-4-5-16(14-20)13-18(15-26)23(28)27-22-8-3-2-7-21(22)24(29)30/h2-14H,1H3,(H,27,28)(H,29,30)/b18-13+. The second-order valence-electron chi connectivity index (χ2n) is 6.67. The average Bonchev–Trinajstić information content (AvgIpc) is 2.83. The van der Waals surface area contributed by atoms with Crippen molar-refractivity contribution in [3.63, 3.8) is 0 Å². The molecule has 0 aliphatic carbocycles. The fourth-order valence-corrected chi connectivity index (χ4v) is 2.84. The number of carboxylic acid groups (broad SMARTS) is 1. The third kappa shape index (κ3) is 5.83. The Kier molecular flexibility index (Phi) is 7.19. The molecule has 3 rings (SSSR count). The zero-order chi connectivity index (χ0) is 23.8. The summed E-state index contributed by atoms with van der Waals surface area (Å²) in [5.41, 5.74) is 0.474. The molecular formula is C25H18N2O6. The zero-order valence-corrected chi connectivity index (χ0v) is 17.4. The lowest BCUT2D eigenvalue weighted by atomic mass is 10.1.